The highest BCUT2D eigenvalue weighted by Gasteiger charge is 2.21. The first-order valence-electron chi connectivity index (χ1n) is 4.76. The van der Waals surface area contributed by atoms with E-state index in [9.17, 15) is 17.2 Å². The molecule has 0 aliphatic rings. The van der Waals surface area contributed by atoms with Crippen molar-refractivity contribution in [2.75, 3.05) is 0 Å². The molecular weight excluding hydrogens is 288 g/mol. The highest BCUT2D eigenvalue weighted by atomic mass is 35.7. The highest BCUT2D eigenvalue weighted by molar-refractivity contribution is 8.13. The van der Waals surface area contributed by atoms with Gasteiger partial charge in [0.2, 0.25) is 0 Å². The molecule has 0 N–H and O–H groups in total. The Morgan fingerprint density at radius 1 is 1.50 bits per heavy atom. The van der Waals surface area contributed by atoms with E-state index in [-0.39, 0.29) is 23.3 Å². The number of alkyl halides is 2. The van der Waals surface area contributed by atoms with Crippen LogP contribution < -0.4 is 4.74 Å². The summed E-state index contributed by atoms with van der Waals surface area (Å²) in [5.41, 5.74) is 0.115. The van der Waals surface area contributed by atoms with Crippen molar-refractivity contribution in [2.45, 2.75) is 24.9 Å². The lowest BCUT2D eigenvalue weighted by Crippen LogP contribution is -2.06. The molecule has 0 saturated carbocycles. The van der Waals surface area contributed by atoms with Gasteiger partial charge in [-0.1, -0.05) is 6.92 Å². The number of halogens is 3. The van der Waals surface area contributed by atoms with E-state index >= 15 is 0 Å². The number of nitrogens with zero attached hydrogens (tertiary/aromatic N) is 1. The van der Waals surface area contributed by atoms with Crippen LogP contribution in [0.5, 0.6) is 5.75 Å². The summed E-state index contributed by atoms with van der Waals surface area (Å²) in [5.74, 6) is -0.347. The standard InChI is InChI=1S/C10H8ClF2NO3S/c1-2-6-3-7(17-10(12)13)4-9(8(6)5-14)18(11,15)16/h3-4,10H,2H2,1H3. The van der Waals surface area contributed by atoms with Crippen LogP contribution in [0.1, 0.15) is 18.1 Å². The molecule has 0 spiro atoms. The van der Waals surface area contributed by atoms with Crippen LogP contribution in [-0.4, -0.2) is 15.0 Å². The predicted molar refractivity (Wildman–Crippen MR) is 60.2 cm³/mol. The van der Waals surface area contributed by atoms with Crippen molar-refractivity contribution in [3.8, 4) is 11.8 Å². The summed E-state index contributed by atoms with van der Waals surface area (Å²) in [6, 6.07) is 3.70. The molecule has 4 nitrogen and oxygen atoms in total. The van der Waals surface area contributed by atoms with Gasteiger partial charge in [0, 0.05) is 16.7 Å². The average Bonchev–Trinajstić information content (AvgIpc) is 2.25. The number of benzene rings is 1. The number of ether oxygens (including phenoxy) is 1. The second kappa shape index (κ2) is 5.50. The summed E-state index contributed by atoms with van der Waals surface area (Å²) in [5, 5.41) is 8.90. The maximum Gasteiger partial charge on any atom is 0.387 e. The minimum Gasteiger partial charge on any atom is -0.435 e. The van der Waals surface area contributed by atoms with Gasteiger partial charge in [0.15, 0.2) is 0 Å². The lowest BCUT2D eigenvalue weighted by Gasteiger charge is -2.10. The molecule has 0 aromatic heterocycles. The maximum atomic E-state index is 12.1. The summed E-state index contributed by atoms with van der Waals surface area (Å²) in [6.07, 6.45) is 0.280. The van der Waals surface area contributed by atoms with E-state index in [1.165, 1.54) is 6.07 Å². The van der Waals surface area contributed by atoms with E-state index in [4.69, 9.17) is 15.9 Å². The summed E-state index contributed by atoms with van der Waals surface area (Å²) < 4.78 is 50.9. The van der Waals surface area contributed by atoms with Crippen molar-refractivity contribution in [2.24, 2.45) is 0 Å². The number of hydrogen-bond donors (Lipinski definition) is 0. The number of aryl methyl sites for hydroxylation is 1. The van der Waals surface area contributed by atoms with Crippen LogP contribution in [0.4, 0.5) is 8.78 Å². The minimum atomic E-state index is -4.21. The zero-order valence-corrected chi connectivity index (χ0v) is 10.7. The lowest BCUT2D eigenvalue weighted by molar-refractivity contribution is -0.0500. The molecule has 0 aliphatic heterocycles. The quantitative estimate of drug-likeness (QED) is 0.801. The summed E-state index contributed by atoms with van der Waals surface area (Å²) in [6.45, 7) is -1.44. The van der Waals surface area contributed by atoms with E-state index < -0.39 is 20.6 Å². The van der Waals surface area contributed by atoms with Crippen molar-refractivity contribution in [1.82, 2.24) is 0 Å². The fraction of sp³-hybridized carbons (Fsp3) is 0.300. The van der Waals surface area contributed by atoms with Gasteiger partial charge >= 0.3 is 6.61 Å². The maximum absolute atomic E-state index is 12.1. The van der Waals surface area contributed by atoms with Gasteiger partial charge in [-0.25, -0.2) is 8.42 Å². The van der Waals surface area contributed by atoms with E-state index in [0.29, 0.717) is 0 Å². The molecule has 0 unspecified atom stereocenters. The molecule has 18 heavy (non-hydrogen) atoms. The van der Waals surface area contributed by atoms with Crippen molar-refractivity contribution in [3.05, 3.63) is 23.3 Å². The molecule has 0 atom stereocenters. The number of hydrogen-bond acceptors (Lipinski definition) is 4. The Kier molecular flexibility index (Phi) is 4.48. The summed E-state index contributed by atoms with van der Waals surface area (Å²) in [4.78, 5) is -0.526. The van der Waals surface area contributed by atoms with Crippen LogP contribution in [0, 0.1) is 11.3 Å². The molecule has 1 aromatic rings. The third kappa shape index (κ3) is 3.31. The zero-order valence-electron chi connectivity index (χ0n) is 9.15. The van der Waals surface area contributed by atoms with Crippen LogP contribution in [0.3, 0.4) is 0 Å². The molecule has 0 amide bonds. The molecule has 0 radical (unpaired) electrons. The van der Waals surface area contributed by atoms with Gasteiger partial charge in [0.05, 0.1) is 5.56 Å². The smallest absolute Gasteiger partial charge is 0.387 e. The largest absolute Gasteiger partial charge is 0.435 e. The second-order valence-corrected chi connectivity index (χ2v) is 5.77. The van der Waals surface area contributed by atoms with Crippen LogP contribution >= 0.6 is 10.7 Å². The molecule has 98 valence electrons. The summed E-state index contributed by atoms with van der Waals surface area (Å²) >= 11 is 0. The summed E-state index contributed by atoms with van der Waals surface area (Å²) in [7, 11) is 0.946. The van der Waals surface area contributed by atoms with Gasteiger partial charge in [-0.15, -0.1) is 0 Å². The van der Waals surface area contributed by atoms with E-state index in [1.54, 1.807) is 13.0 Å². The number of nitriles is 1. The first-order chi connectivity index (χ1) is 8.29. The highest BCUT2D eigenvalue weighted by Crippen LogP contribution is 2.29. The first kappa shape index (κ1) is 14.7. The lowest BCUT2D eigenvalue weighted by atomic mass is 10.1. The van der Waals surface area contributed by atoms with Crippen LogP contribution in [-0.2, 0) is 15.5 Å². The second-order valence-electron chi connectivity index (χ2n) is 3.24. The zero-order chi connectivity index (χ0) is 13.9. The molecular formula is C10H8ClF2NO3S. The topological polar surface area (TPSA) is 67.2 Å². The molecule has 0 bridgehead atoms. The molecule has 1 aromatic carbocycles. The normalized spacial score (nSPS) is 11.3. The molecule has 0 saturated heterocycles. The van der Waals surface area contributed by atoms with Gasteiger partial charge in [-0.2, -0.15) is 14.0 Å². The first-order valence-corrected chi connectivity index (χ1v) is 7.07. The van der Waals surface area contributed by atoms with Gasteiger partial charge in [0.25, 0.3) is 9.05 Å². The van der Waals surface area contributed by atoms with Crippen molar-refractivity contribution < 1.29 is 21.9 Å². The van der Waals surface area contributed by atoms with E-state index in [1.807, 2.05) is 0 Å². The molecule has 0 heterocycles. The Hall–Kier alpha value is -1.39. The van der Waals surface area contributed by atoms with Crippen molar-refractivity contribution >= 4 is 19.7 Å². The molecule has 8 heteroatoms. The minimum absolute atomic E-state index is 0.158. The molecule has 0 fully saturated rings. The Bertz CT molecular complexity index is 596. The van der Waals surface area contributed by atoms with Crippen LogP contribution in [0.15, 0.2) is 17.0 Å². The van der Waals surface area contributed by atoms with Gasteiger partial charge in [0.1, 0.15) is 16.7 Å². The average molecular weight is 296 g/mol. The number of rotatable bonds is 4. The van der Waals surface area contributed by atoms with E-state index in [2.05, 4.69) is 4.74 Å². The Labute approximate surface area is 107 Å². The van der Waals surface area contributed by atoms with Gasteiger partial charge in [-0.3, -0.25) is 0 Å². The van der Waals surface area contributed by atoms with E-state index in [0.717, 1.165) is 6.07 Å². The third-order valence-electron chi connectivity index (χ3n) is 2.14. The van der Waals surface area contributed by atoms with Crippen molar-refractivity contribution in [1.29, 1.82) is 5.26 Å². The fourth-order valence-corrected chi connectivity index (χ4v) is 2.46. The Morgan fingerprint density at radius 2 is 2.11 bits per heavy atom. The Morgan fingerprint density at radius 3 is 2.50 bits per heavy atom. The van der Waals surface area contributed by atoms with Crippen LogP contribution in [0.2, 0.25) is 0 Å². The predicted octanol–water partition coefficient (Wildman–Crippen LogP) is 2.65. The third-order valence-corrected chi connectivity index (χ3v) is 3.48. The van der Waals surface area contributed by atoms with Crippen LogP contribution in [0.25, 0.3) is 0 Å². The monoisotopic (exact) mass is 295 g/mol. The fourth-order valence-electron chi connectivity index (χ4n) is 1.41. The van der Waals surface area contributed by atoms with Gasteiger partial charge < -0.3 is 4.74 Å². The molecule has 0 aliphatic carbocycles. The molecule has 1 rings (SSSR count). The Balaban J connectivity index is 3.52. The van der Waals surface area contributed by atoms with Gasteiger partial charge in [-0.05, 0) is 18.1 Å². The van der Waals surface area contributed by atoms with Crippen molar-refractivity contribution in [3.63, 3.8) is 0 Å². The SMILES string of the molecule is CCc1cc(OC(F)F)cc(S(=O)(=O)Cl)c1C#N.